The number of rotatable bonds is 5. The van der Waals surface area contributed by atoms with Gasteiger partial charge in [-0.15, -0.1) is 11.3 Å². The summed E-state index contributed by atoms with van der Waals surface area (Å²) in [5, 5.41) is 3.29. The van der Waals surface area contributed by atoms with Gasteiger partial charge in [-0.25, -0.2) is 0 Å². The molecule has 0 saturated carbocycles. The lowest BCUT2D eigenvalue weighted by molar-refractivity contribution is 0.112. The van der Waals surface area contributed by atoms with Crippen LogP contribution in [0.1, 0.15) is 33.1 Å². The molecular formula is C12H12N4O2S2. The molecule has 0 amide bonds. The number of thiophene rings is 1. The normalized spacial score (nSPS) is 12.0. The second-order valence-electron chi connectivity index (χ2n) is 4.06. The van der Waals surface area contributed by atoms with Gasteiger partial charge in [0.25, 0.3) is 5.56 Å². The minimum absolute atomic E-state index is 0.0433. The Labute approximate surface area is 123 Å². The topological polar surface area (TPSA) is 115 Å². The molecule has 5 N–H and O–H groups in total. The van der Waals surface area contributed by atoms with Crippen LogP contribution in [0.15, 0.2) is 16.2 Å². The number of aldehydes is 1. The van der Waals surface area contributed by atoms with Gasteiger partial charge in [-0.05, 0) is 28.8 Å². The van der Waals surface area contributed by atoms with E-state index in [1.54, 1.807) is 11.4 Å². The first-order chi connectivity index (χ1) is 9.58. The molecule has 20 heavy (non-hydrogen) atoms. The van der Waals surface area contributed by atoms with E-state index in [1.807, 2.05) is 0 Å². The van der Waals surface area contributed by atoms with Crippen molar-refractivity contribution in [2.75, 3.05) is 11.5 Å². The maximum absolute atomic E-state index is 12.1. The molecule has 0 radical (unpaired) electrons. The van der Waals surface area contributed by atoms with Gasteiger partial charge in [0, 0.05) is 5.92 Å². The summed E-state index contributed by atoms with van der Waals surface area (Å²) < 4.78 is 0. The van der Waals surface area contributed by atoms with Gasteiger partial charge in [0.2, 0.25) is 5.95 Å². The van der Waals surface area contributed by atoms with E-state index >= 15 is 0 Å². The Kier molecular flexibility index (Phi) is 4.26. The van der Waals surface area contributed by atoms with Crippen molar-refractivity contribution in [3.63, 3.8) is 0 Å². The van der Waals surface area contributed by atoms with E-state index in [0.29, 0.717) is 11.3 Å². The predicted octanol–water partition coefficient (Wildman–Crippen LogP) is 1.33. The van der Waals surface area contributed by atoms with Gasteiger partial charge < -0.3 is 11.5 Å². The van der Waals surface area contributed by atoms with E-state index < -0.39 is 11.5 Å². The van der Waals surface area contributed by atoms with E-state index in [2.05, 4.69) is 9.97 Å². The number of nitrogens with two attached hydrogens (primary N) is 2. The van der Waals surface area contributed by atoms with Crippen molar-refractivity contribution in [3.8, 4) is 0 Å². The smallest absolute Gasteiger partial charge is 0.258 e. The lowest BCUT2D eigenvalue weighted by Gasteiger charge is -2.15. The van der Waals surface area contributed by atoms with Crippen LogP contribution in [0.25, 0.3) is 0 Å². The van der Waals surface area contributed by atoms with E-state index in [0.717, 1.165) is 11.8 Å². The number of thiocarbonyl (C=S) groups is 1. The molecule has 0 spiro atoms. The monoisotopic (exact) mass is 308 g/mol. The Balaban J connectivity index is 2.63. The van der Waals surface area contributed by atoms with E-state index in [1.165, 1.54) is 16.7 Å². The number of hydrogen-bond acceptors (Lipinski definition) is 7. The average Bonchev–Trinajstić information content (AvgIpc) is 2.84. The number of anilines is 2. The summed E-state index contributed by atoms with van der Waals surface area (Å²) in [5.74, 6) is -0.398. The summed E-state index contributed by atoms with van der Waals surface area (Å²) >= 11 is 6.19. The van der Waals surface area contributed by atoms with Crippen molar-refractivity contribution in [1.82, 2.24) is 9.97 Å². The Morgan fingerprint density at radius 2 is 2.25 bits per heavy atom. The summed E-state index contributed by atoms with van der Waals surface area (Å²) in [6, 6.07) is 1.78. The molecule has 0 aromatic carbocycles. The molecule has 0 aliphatic rings. The van der Waals surface area contributed by atoms with Crippen molar-refractivity contribution < 1.29 is 4.79 Å². The highest BCUT2D eigenvalue weighted by Gasteiger charge is 2.23. The van der Waals surface area contributed by atoms with Gasteiger partial charge in [0.15, 0.2) is 6.29 Å². The second-order valence-corrected chi connectivity index (χ2v) is 5.34. The number of carbonyl (C=O) groups excluding carboxylic acids is 1. The zero-order valence-electron chi connectivity index (χ0n) is 10.3. The van der Waals surface area contributed by atoms with Gasteiger partial charge in [0.1, 0.15) is 5.82 Å². The van der Waals surface area contributed by atoms with E-state index in [4.69, 9.17) is 23.7 Å². The molecule has 1 unspecified atom stereocenters. The standard InChI is InChI=1S/C12H12N4O2S2/c13-10-9(11(18)16-12(14)15-10)7(1-3-19)6-2-4-20-8(6)5-17/h2-5,7H,1H2,(H5,13,14,15,16,18). The molecule has 0 saturated heterocycles. The number of hydrogen-bond donors (Lipinski definition) is 3. The number of aromatic amines is 1. The molecular weight excluding hydrogens is 296 g/mol. The SMILES string of the molecule is Nc1nc(N)c(C(CC=S)c2ccsc2C=O)c(=O)[nH]1. The zero-order chi connectivity index (χ0) is 14.7. The van der Waals surface area contributed by atoms with Crippen molar-refractivity contribution in [2.45, 2.75) is 12.3 Å². The number of aromatic nitrogens is 2. The first-order valence-electron chi connectivity index (χ1n) is 5.69. The van der Waals surface area contributed by atoms with Crippen LogP contribution in [0.3, 0.4) is 0 Å². The maximum Gasteiger partial charge on any atom is 0.258 e. The highest BCUT2D eigenvalue weighted by molar-refractivity contribution is 7.78. The summed E-state index contributed by atoms with van der Waals surface area (Å²) in [4.78, 5) is 30.0. The maximum atomic E-state index is 12.1. The molecule has 2 aromatic heterocycles. The first-order valence-corrected chi connectivity index (χ1v) is 7.05. The second kappa shape index (κ2) is 5.93. The fraction of sp³-hybridized carbons (Fsp3) is 0.167. The molecule has 8 heteroatoms. The van der Waals surface area contributed by atoms with Gasteiger partial charge in [-0.2, -0.15) is 4.98 Å². The Morgan fingerprint density at radius 3 is 2.85 bits per heavy atom. The minimum atomic E-state index is -0.417. The van der Waals surface area contributed by atoms with Crippen LogP contribution in [0, 0.1) is 0 Å². The van der Waals surface area contributed by atoms with Gasteiger partial charge in [0.05, 0.1) is 10.4 Å². The third-order valence-electron chi connectivity index (χ3n) is 2.89. The lowest BCUT2D eigenvalue weighted by atomic mass is 9.90. The fourth-order valence-corrected chi connectivity index (χ4v) is 3.02. The van der Waals surface area contributed by atoms with Crippen LogP contribution in [0.4, 0.5) is 11.8 Å². The number of carbonyl (C=O) groups is 1. The summed E-state index contributed by atoms with van der Waals surface area (Å²) in [6.07, 6.45) is 1.15. The Bertz CT molecular complexity index is 708. The minimum Gasteiger partial charge on any atom is -0.383 e. The largest absolute Gasteiger partial charge is 0.383 e. The summed E-state index contributed by atoms with van der Waals surface area (Å²) in [5.41, 5.74) is 11.8. The lowest BCUT2D eigenvalue weighted by Crippen LogP contribution is -2.23. The first kappa shape index (κ1) is 14.4. The van der Waals surface area contributed by atoms with Crippen LogP contribution < -0.4 is 17.0 Å². The molecule has 1 atom stereocenters. The van der Waals surface area contributed by atoms with Crippen LogP contribution in [-0.2, 0) is 0 Å². The molecule has 2 rings (SSSR count). The van der Waals surface area contributed by atoms with Gasteiger partial charge in [-0.1, -0.05) is 12.2 Å². The van der Waals surface area contributed by atoms with Gasteiger partial charge in [-0.3, -0.25) is 14.6 Å². The Morgan fingerprint density at radius 1 is 1.50 bits per heavy atom. The van der Waals surface area contributed by atoms with Crippen molar-refractivity contribution in [3.05, 3.63) is 37.8 Å². The predicted molar refractivity (Wildman–Crippen MR) is 83.5 cm³/mol. The molecule has 104 valence electrons. The quantitative estimate of drug-likeness (QED) is 0.567. The number of nitrogens with zero attached hydrogens (tertiary/aromatic N) is 1. The van der Waals surface area contributed by atoms with Crippen molar-refractivity contribution >= 4 is 47.0 Å². The molecule has 0 bridgehead atoms. The number of nitrogens with one attached hydrogen (secondary N) is 1. The van der Waals surface area contributed by atoms with Crippen LogP contribution in [0.5, 0.6) is 0 Å². The molecule has 0 aliphatic heterocycles. The molecule has 6 nitrogen and oxygen atoms in total. The fourth-order valence-electron chi connectivity index (χ4n) is 2.07. The number of H-pyrrole nitrogens is 1. The van der Waals surface area contributed by atoms with Crippen LogP contribution in [0.2, 0.25) is 0 Å². The third kappa shape index (κ3) is 2.61. The van der Waals surface area contributed by atoms with Crippen molar-refractivity contribution in [1.29, 1.82) is 0 Å². The molecule has 2 heterocycles. The highest BCUT2D eigenvalue weighted by atomic mass is 32.1. The zero-order valence-corrected chi connectivity index (χ0v) is 12.0. The van der Waals surface area contributed by atoms with Crippen LogP contribution in [-0.4, -0.2) is 21.6 Å². The summed E-state index contributed by atoms with van der Waals surface area (Å²) in [6.45, 7) is 0. The number of nitrogen functional groups attached to an aromatic ring is 2. The van der Waals surface area contributed by atoms with Crippen LogP contribution >= 0.6 is 23.6 Å². The highest BCUT2D eigenvalue weighted by Crippen LogP contribution is 2.32. The molecule has 2 aromatic rings. The van der Waals surface area contributed by atoms with Crippen molar-refractivity contribution in [2.24, 2.45) is 0 Å². The summed E-state index contributed by atoms with van der Waals surface area (Å²) in [7, 11) is 0. The Hall–Kier alpha value is -2.06. The van der Waals surface area contributed by atoms with Gasteiger partial charge >= 0.3 is 0 Å². The van der Waals surface area contributed by atoms with E-state index in [9.17, 15) is 9.59 Å². The average molecular weight is 308 g/mol. The molecule has 0 aliphatic carbocycles. The van der Waals surface area contributed by atoms with E-state index in [-0.39, 0.29) is 17.3 Å². The third-order valence-corrected chi connectivity index (χ3v) is 3.94. The molecule has 0 fully saturated rings.